The number of nitrogens with zero attached hydrogens (tertiary/aromatic N) is 2. The standard InChI is InChI=1S/C9H15N3O3/c1-14-8-7(5-10-3-4-13)9(15-2)12-6-11-8/h6,10,13H,3-5H2,1-2H3. The maximum Gasteiger partial charge on any atom is 0.224 e. The molecule has 1 aromatic rings. The summed E-state index contributed by atoms with van der Waals surface area (Å²) in [5.41, 5.74) is 0.746. The highest BCUT2D eigenvalue weighted by Crippen LogP contribution is 2.22. The lowest BCUT2D eigenvalue weighted by Crippen LogP contribution is -2.19. The normalized spacial score (nSPS) is 10.1. The van der Waals surface area contributed by atoms with E-state index in [0.29, 0.717) is 24.8 Å². The Hall–Kier alpha value is -1.40. The third kappa shape index (κ3) is 3.03. The maximum atomic E-state index is 8.64. The molecule has 6 nitrogen and oxygen atoms in total. The number of nitrogens with one attached hydrogen (secondary N) is 1. The maximum absolute atomic E-state index is 8.64. The van der Waals surface area contributed by atoms with E-state index in [1.54, 1.807) is 0 Å². The van der Waals surface area contributed by atoms with Crippen molar-refractivity contribution < 1.29 is 14.6 Å². The van der Waals surface area contributed by atoms with Crippen molar-refractivity contribution in [2.75, 3.05) is 27.4 Å². The SMILES string of the molecule is COc1ncnc(OC)c1CNCCO. The van der Waals surface area contributed by atoms with Crippen molar-refractivity contribution in [2.45, 2.75) is 6.54 Å². The number of hydrogen-bond acceptors (Lipinski definition) is 6. The highest BCUT2D eigenvalue weighted by molar-refractivity contribution is 5.34. The molecule has 0 aromatic carbocycles. The van der Waals surface area contributed by atoms with Gasteiger partial charge in [-0.3, -0.25) is 0 Å². The fraction of sp³-hybridized carbons (Fsp3) is 0.556. The van der Waals surface area contributed by atoms with Crippen LogP contribution in [0.15, 0.2) is 6.33 Å². The van der Waals surface area contributed by atoms with E-state index in [-0.39, 0.29) is 6.61 Å². The van der Waals surface area contributed by atoms with Crippen molar-refractivity contribution >= 4 is 0 Å². The summed E-state index contributed by atoms with van der Waals surface area (Å²) in [6.07, 6.45) is 1.38. The fourth-order valence-corrected chi connectivity index (χ4v) is 1.18. The zero-order valence-corrected chi connectivity index (χ0v) is 8.86. The summed E-state index contributed by atoms with van der Waals surface area (Å²) in [6, 6.07) is 0. The number of methoxy groups -OCH3 is 2. The van der Waals surface area contributed by atoms with Crippen LogP contribution in [0.4, 0.5) is 0 Å². The summed E-state index contributed by atoms with van der Waals surface area (Å²) in [5, 5.41) is 11.7. The molecule has 1 heterocycles. The van der Waals surface area contributed by atoms with Gasteiger partial charge in [-0.05, 0) is 0 Å². The smallest absolute Gasteiger partial charge is 0.224 e. The van der Waals surface area contributed by atoms with Crippen LogP contribution in [0.3, 0.4) is 0 Å². The number of aliphatic hydroxyl groups is 1. The minimum absolute atomic E-state index is 0.0817. The van der Waals surface area contributed by atoms with Crippen molar-refractivity contribution in [2.24, 2.45) is 0 Å². The molecular formula is C9H15N3O3. The fourth-order valence-electron chi connectivity index (χ4n) is 1.18. The van der Waals surface area contributed by atoms with E-state index in [0.717, 1.165) is 5.56 Å². The Bertz CT molecular complexity index is 284. The molecule has 0 atom stereocenters. The second-order valence-corrected chi connectivity index (χ2v) is 2.77. The molecule has 0 radical (unpaired) electrons. The summed E-state index contributed by atoms with van der Waals surface area (Å²) >= 11 is 0. The first-order valence-corrected chi connectivity index (χ1v) is 4.57. The monoisotopic (exact) mass is 213 g/mol. The molecule has 0 fully saturated rings. The third-order valence-electron chi connectivity index (χ3n) is 1.84. The highest BCUT2D eigenvalue weighted by atomic mass is 16.5. The van der Waals surface area contributed by atoms with Crippen LogP contribution in [0.2, 0.25) is 0 Å². The highest BCUT2D eigenvalue weighted by Gasteiger charge is 2.11. The molecular weight excluding hydrogens is 198 g/mol. The zero-order chi connectivity index (χ0) is 11.1. The predicted molar refractivity (Wildman–Crippen MR) is 53.9 cm³/mol. The number of aliphatic hydroxyl groups excluding tert-OH is 1. The summed E-state index contributed by atoms with van der Waals surface area (Å²) in [5.74, 6) is 0.958. The molecule has 15 heavy (non-hydrogen) atoms. The molecule has 0 spiro atoms. The molecule has 0 aliphatic carbocycles. The second-order valence-electron chi connectivity index (χ2n) is 2.77. The van der Waals surface area contributed by atoms with Gasteiger partial charge in [-0.1, -0.05) is 0 Å². The molecule has 2 N–H and O–H groups in total. The van der Waals surface area contributed by atoms with Crippen LogP contribution >= 0.6 is 0 Å². The van der Waals surface area contributed by atoms with Gasteiger partial charge in [0.05, 0.1) is 26.4 Å². The van der Waals surface area contributed by atoms with E-state index in [4.69, 9.17) is 14.6 Å². The van der Waals surface area contributed by atoms with Crippen LogP contribution in [0.1, 0.15) is 5.56 Å². The molecule has 0 bridgehead atoms. The van der Waals surface area contributed by atoms with Gasteiger partial charge in [0, 0.05) is 13.1 Å². The van der Waals surface area contributed by atoms with E-state index < -0.39 is 0 Å². The van der Waals surface area contributed by atoms with Crippen molar-refractivity contribution in [3.05, 3.63) is 11.9 Å². The minimum Gasteiger partial charge on any atom is -0.481 e. The molecule has 0 saturated heterocycles. The second kappa shape index (κ2) is 6.15. The quantitative estimate of drug-likeness (QED) is 0.625. The van der Waals surface area contributed by atoms with E-state index in [1.165, 1.54) is 20.5 Å². The van der Waals surface area contributed by atoms with Crippen molar-refractivity contribution in [3.8, 4) is 11.8 Å². The van der Waals surface area contributed by atoms with Crippen molar-refractivity contribution in [1.29, 1.82) is 0 Å². The van der Waals surface area contributed by atoms with Crippen LogP contribution < -0.4 is 14.8 Å². The van der Waals surface area contributed by atoms with Gasteiger partial charge in [-0.25, -0.2) is 9.97 Å². The first-order valence-electron chi connectivity index (χ1n) is 4.57. The van der Waals surface area contributed by atoms with Crippen LogP contribution in [-0.2, 0) is 6.54 Å². The molecule has 0 saturated carbocycles. The Balaban J connectivity index is 2.80. The van der Waals surface area contributed by atoms with E-state index in [9.17, 15) is 0 Å². The van der Waals surface area contributed by atoms with Gasteiger partial charge in [0.15, 0.2) is 0 Å². The van der Waals surface area contributed by atoms with Crippen LogP contribution in [0.5, 0.6) is 11.8 Å². The zero-order valence-electron chi connectivity index (χ0n) is 8.86. The van der Waals surface area contributed by atoms with E-state index >= 15 is 0 Å². The lowest BCUT2D eigenvalue weighted by molar-refractivity contribution is 0.290. The molecule has 1 aromatic heterocycles. The van der Waals surface area contributed by atoms with Crippen molar-refractivity contribution in [1.82, 2.24) is 15.3 Å². The number of hydrogen-bond donors (Lipinski definition) is 2. The molecule has 1 rings (SSSR count). The molecule has 0 amide bonds. The van der Waals surface area contributed by atoms with Gasteiger partial charge in [-0.2, -0.15) is 0 Å². The molecule has 0 unspecified atom stereocenters. The van der Waals surface area contributed by atoms with Crippen molar-refractivity contribution in [3.63, 3.8) is 0 Å². The topological polar surface area (TPSA) is 76.5 Å². The largest absolute Gasteiger partial charge is 0.481 e. The van der Waals surface area contributed by atoms with Gasteiger partial charge in [-0.15, -0.1) is 0 Å². The van der Waals surface area contributed by atoms with Crippen LogP contribution in [0.25, 0.3) is 0 Å². The Morgan fingerprint density at radius 1 is 1.27 bits per heavy atom. The van der Waals surface area contributed by atoms with Gasteiger partial charge in [0.25, 0.3) is 0 Å². The molecule has 0 aliphatic rings. The first-order chi connectivity index (χ1) is 7.33. The molecule has 84 valence electrons. The van der Waals surface area contributed by atoms with E-state index in [1.807, 2.05) is 0 Å². The number of rotatable bonds is 6. The Labute approximate surface area is 88.3 Å². The predicted octanol–water partition coefficient (Wildman–Crippen LogP) is -0.424. The average Bonchev–Trinajstić information content (AvgIpc) is 2.29. The van der Waals surface area contributed by atoms with Gasteiger partial charge in [0.1, 0.15) is 6.33 Å². The summed E-state index contributed by atoms with van der Waals surface area (Å²) in [7, 11) is 3.08. The van der Waals surface area contributed by atoms with Crippen LogP contribution in [-0.4, -0.2) is 42.4 Å². The van der Waals surface area contributed by atoms with Gasteiger partial charge >= 0.3 is 0 Å². The first kappa shape index (κ1) is 11.7. The minimum atomic E-state index is 0.0817. The molecule has 0 aliphatic heterocycles. The number of ether oxygens (including phenoxy) is 2. The van der Waals surface area contributed by atoms with Gasteiger partial charge < -0.3 is 19.9 Å². The van der Waals surface area contributed by atoms with Gasteiger partial charge in [0.2, 0.25) is 11.8 Å². The lowest BCUT2D eigenvalue weighted by atomic mass is 10.3. The Morgan fingerprint density at radius 2 is 1.87 bits per heavy atom. The summed E-state index contributed by atoms with van der Waals surface area (Å²) in [6.45, 7) is 1.08. The summed E-state index contributed by atoms with van der Waals surface area (Å²) in [4.78, 5) is 7.94. The molecule has 6 heteroatoms. The van der Waals surface area contributed by atoms with Crippen LogP contribution in [0, 0.1) is 0 Å². The lowest BCUT2D eigenvalue weighted by Gasteiger charge is -2.10. The number of aromatic nitrogens is 2. The van der Waals surface area contributed by atoms with E-state index in [2.05, 4.69) is 15.3 Å². The third-order valence-corrected chi connectivity index (χ3v) is 1.84. The average molecular weight is 213 g/mol. The summed E-state index contributed by atoms with van der Waals surface area (Å²) < 4.78 is 10.2. The Morgan fingerprint density at radius 3 is 2.33 bits per heavy atom. The Kier molecular flexibility index (Phi) is 4.79.